The van der Waals surface area contributed by atoms with Crippen LogP contribution < -0.4 is 5.32 Å². The van der Waals surface area contributed by atoms with Crippen molar-refractivity contribution >= 4 is 0 Å². The topological polar surface area (TPSA) is 43.0 Å². The quantitative estimate of drug-likeness (QED) is 0.830. The monoisotopic (exact) mass is 287 g/mol. The van der Waals surface area contributed by atoms with E-state index in [2.05, 4.69) is 17.3 Å². The summed E-state index contributed by atoms with van der Waals surface area (Å²) in [4.78, 5) is 0. The van der Waals surface area contributed by atoms with Crippen LogP contribution in [0.2, 0.25) is 0 Å². The van der Waals surface area contributed by atoms with Crippen molar-refractivity contribution in [2.24, 2.45) is 0 Å². The van der Waals surface area contributed by atoms with Gasteiger partial charge in [-0.1, -0.05) is 6.92 Å². The zero-order chi connectivity index (χ0) is 14.6. The van der Waals surface area contributed by atoms with Crippen LogP contribution in [0.15, 0.2) is 29.1 Å². The molecule has 0 spiro atoms. The zero-order valence-corrected chi connectivity index (χ0v) is 11.1. The lowest BCUT2D eigenvalue weighted by molar-refractivity contribution is -0.137. The summed E-state index contributed by atoms with van der Waals surface area (Å²) in [6.45, 7) is 3.73. The van der Waals surface area contributed by atoms with Crippen LogP contribution in [0, 0.1) is 0 Å². The van der Waals surface area contributed by atoms with E-state index in [0.717, 1.165) is 36.7 Å². The van der Waals surface area contributed by atoms with Gasteiger partial charge in [-0.2, -0.15) is 18.3 Å². The zero-order valence-electron chi connectivity index (χ0n) is 11.1. The van der Waals surface area contributed by atoms with E-state index in [4.69, 9.17) is 4.42 Å². The molecule has 0 fully saturated rings. The lowest BCUT2D eigenvalue weighted by Crippen LogP contribution is -2.15. The Bertz CT molecular complexity index is 545. The van der Waals surface area contributed by atoms with Crippen molar-refractivity contribution in [3.05, 3.63) is 41.6 Å². The first kappa shape index (κ1) is 14.6. The largest absolute Gasteiger partial charge is 0.468 e. The molecule has 0 unspecified atom stereocenters. The summed E-state index contributed by atoms with van der Waals surface area (Å²) in [6, 6.07) is 1.75. The van der Waals surface area contributed by atoms with Crippen molar-refractivity contribution in [2.75, 3.05) is 6.54 Å². The minimum atomic E-state index is -4.36. The second-order valence-corrected chi connectivity index (χ2v) is 4.47. The molecule has 0 atom stereocenters. The van der Waals surface area contributed by atoms with Crippen LogP contribution in [0.1, 0.15) is 30.2 Å². The fourth-order valence-electron chi connectivity index (χ4n) is 1.81. The van der Waals surface area contributed by atoms with Crippen molar-refractivity contribution in [3.8, 4) is 0 Å². The van der Waals surface area contributed by atoms with Crippen molar-refractivity contribution in [3.63, 3.8) is 0 Å². The van der Waals surface area contributed by atoms with Gasteiger partial charge >= 0.3 is 6.18 Å². The van der Waals surface area contributed by atoms with Gasteiger partial charge in [0, 0.05) is 11.8 Å². The summed E-state index contributed by atoms with van der Waals surface area (Å²) in [5.41, 5.74) is 0.0806. The number of nitrogens with one attached hydrogen (secondary N) is 1. The number of hydrogen-bond donors (Lipinski definition) is 1. The predicted octanol–water partition coefficient (Wildman–Crippen LogP) is 3.04. The number of furan rings is 1. The first-order valence-corrected chi connectivity index (χ1v) is 6.36. The van der Waals surface area contributed by atoms with E-state index in [1.165, 1.54) is 10.9 Å². The van der Waals surface area contributed by atoms with E-state index in [0.29, 0.717) is 6.54 Å². The minimum absolute atomic E-state index is 0.260. The fraction of sp³-hybridized carbons (Fsp3) is 0.462. The molecule has 0 aromatic carbocycles. The SMILES string of the molecule is CCCNCc1occc1Cn1cc(C(F)(F)F)cn1. The summed E-state index contributed by atoms with van der Waals surface area (Å²) in [5, 5.41) is 6.92. The molecule has 2 aromatic rings. The van der Waals surface area contributed by atoms with Gasteiger partial charge in [-0.05, 0) is 19.0 Å². The molecule has 2 heterocycles. The molecule has 0 radical (unpaired) electrons. The Labute approximate surface area is 114 Å². The molecule has 2 aromatic heterocycles. The third-order valence-corrected chi connectivity index (χ3v) is 2.84. The highest BCUT2D eigenvalue weighted by molar-refractivity contribution is 5.18. The van der Waals surface area contributed by atoms with Gasteiger partial charge in [-0.15, -0.1) is 0 Å². The van der Waals surface area contributed by atoms with Crippen LogP contribution in [-0.2, 0) is 19.3 Å². The molecule has 0 saturated heterocycles. The Morgan fingerprint density at radius 2 is 2.20 bits per heavy atom. The second-order valence-electron chi connectivity index (χ2n) is 4.47. The number of halogens is 3. The molecule has 2 rings (SSSR count). The third-order valence-electron chi connectivity index (χ3n) is 2.84. The molecule has 4 nitrogen and oxygen atoms in total. The van der Waals surface area contributed by atoms with Crippen LogP contribution in [0.5, 0.6) is 0 Å². The average Bonchev–Trinajstić information content (AvgIpc) is 2.99. The maximum absolute atomic E-state index is 12.5. The fourth-order valence-corrected chi connectivity index (χ4v) is 1.81. The molecule has 0 amide bonds. The van der Waals surface area contributed by atoms with Crippen molar-refractivity contribution in [1.29, 1.82) is 0 Å². The molecule has 20 heavy (non-hydrogen) atoms. The Morgan fingerprint density at radius 3 is 2.85 bits per heavy atom. The van der Waals surface area contributed by atoms with Crippen molar-refractivity contribution in [2.45, 2.75) is 32.6 Å². The Morgan fingerprint density at radius 1 is 1.40 bits per heavy atom. The molecule has 7 heteroatoms. The summed E-state index contributed by atoms with van der Waals surface area (Å²) in [5.74, 6) is 0.725. The van der Waals surface area contributed by atoms with Crippen LogP contribution in [0.25, 0.3) is 0 Å². The average molecular weight is 287 g/mol. The van der Waals surface area contributed by atoms with Gasteiger partial charge in [0.15, 0.2) is 0 Å². The highest BCUT2D eigenvalue weighted by Crippen LogP contribution is 2.28. The van der Waals surface area contributed by atoms with Gasteiger partial charge in [0.05, 0.1) is 31.1 Å². The number of alkyl halides is 3. The molecule has 0 aliphatic rings. The van der Waals surface area contributed by atoms with Gasteiger partial charge in [0.25, 0.3) is 0 Å². The molecule has 0 bridgehead atoms. The van der Waals surface area contributed by atoms with E-state index in [1.807, 2.05) is 0 Å². The van der Waals surface area contributed by atoms with E-state index < -0.39 is 11.7 Å². The van der Waals surface area contributed by atoms with E-state index >= 15 is 0 Å². The number of nitrogens with zero attached hydrogens (tertiary/aromatic N) is 2. The molecule has 1 N–H and O–H groups in total. The molecular formula is C13H16F3N3O. The summed E-state index contributed by atoms with van der Waals surface area (Å²) in [7, 11) is 0. The smallest absolute Gasteiger partial charge is 0.419 e. The number of aromatic nitrogens is 2. The summed E-state index contributed by atoms with van der Waals surface area (Å²) in [6.07, 6.45) is 0.00208. The van der Waals surface area contributed by atoms with E-state index in [9.17, 15) is 13.2 Å². The van der Waals surface area contributed by atoms with E-state index in [-0.39, 0.29) is 6.54 Å². The molecule has 110 valence electrons. The lowest BCUT2D eigenvalue weighted by Gasteiger charge is -2.05. The van der Waals surface area contributed by atoms with Crippen LogP contribution >= 0.6 is 0 Å². The van der Waals surface area contributed by atoms with Crippen LogP contribution in [0.3, 0.4) is 0 Å². The van der Waals surface area contributed by atoms with Crippen LogP contribution in [-0.4, -0.2) is 16.3 Å². The number of rotatable bonds is 6. The Balaban J connectivity index is 2.03. The standard InChI is InChI=1S/C13H16F3N3O/c1-2-4-17-7-12-10(3-5-20-12)8-19-9-11(6-18-19)13(14,15)16/h3,5-6,9,17H,2,4,7-8H2,1H3. The maximum atomic E-state index is 12.5. The maximum Gasteiger partial charge on any atom is 0.419 e. The van der Waals surface area contributed by atoms with Gasteiger partial charge < -0.3 is 9.73 Å². The number of hydrogen-bond acceptors (Lipinski definition) is 3. The molecule has 0 aliphatic carbocycles. The second kappa shape index (κ2) is 6.13. The van der Waals surface area contributed by atoms with E-state index in [1.54, 1.807) is 6.07 Å². The first-order chi connectivity index (χ1) is 9.50. The highest BCUT2D eigenvalue weighted by Gasteiger charge is 2.32. The van der Waals surface area contributed by atoms with Crippen molar-refractivity contribution in [1.82, 2.24) is 15.1 Å². The molecular weight excluding hydrogens is 271 g/mol. The van der Waals surface area contributed by atoms with Gasteiger partial charge in [-0.3, -0.25) is 4.68 Å². The highest BCUT2D eigenvalue weighted by atomic mass is 19.4. The van der Waals surface area contributed by atoms with Gasteiger partial charge in [-0.25, -0.2) is 0 Å². The van der Waals surface area contributed by atoms with Crippen molar-refractivity contribution < 1.29 is 17.6 Å². The molecule has 0 saturated carbocycles. The normalized spacial score (nSPS) is 12.0. The first-order valence-electron chi connectivity index (χ1n) is 6.36. The predicted molar refractivity (Wildman–Crippen MR) is 67.0 cm³/mol. The minimum Gasteiger partial charge on any atom is -0.468 e. The lowest BCUT2D eigenvalue weighted by atomic mass is 10.2. The summed E-state index contributed by atoms with van der Waals surface area (Å²) < 4.78 is 44.0. The third kappa shape index (κ3) is 3.63. The van der Waals surface area contributed by atoms with Crippen LogP contribution in [0.4, 0.5) is 13.2 Å². The Hall–Kier alpha value is -1.76. The molecule has 0 aliphatic heterocycles. The van der Waals surface area contributed by atoms with Gasteiger partial charge in [0.1, 0.15) is 5.76 Å². The Kier molecular flexibility index (Phi) is 4.49. The van der Waals surface area contributed by atoms with Gasteiger partial charge in [0.2, 0.25) is 0 Å². The summed E-state index contributed by atoms with van der Waals surface area (Å²) >= 11 is 0.